The lowest BCUT2D eigenvalue weighted by molar-refractivity contribution is -0.136. The quantitative estimate of drug-likeness (QED) is 0.819. The van der Waals surface area contributed by atoms with Crippen LogP contribution in [0.5, 0.6) is 0 Å². The van der Waals surface area contributed by atoms with Gasteiger partial charge in [-0.05, 0) is 11.5 Å². The molecule has 0 saturated heterocycles. The molecule has 6 heteroatoms. The molecule has 18 heavy (non-hydrogen) atoms. The fourth-order valence-corrected chi connectivity index (χ4v) is 3.29. The van der Waals surface area contributed by atoms with E-state index in [1.165, 1.54) is 17.8 Å². The van der Waals surface area contributed by atoms with Gasteiger partial charge in [0.25, 0.3) is 5.91 Å². The van der Waals surface area contributed by atoms with Gasteiger partial charge in [0, 0.05) is 17.2 Å². The average molecular weight is 269 g/mol. The Balaban J connectivity index is 2.17. The highest BCUT2D eigenvalue weighted by atomic mass is 32.2. The monoisotopic (exact) mass is 269 g/mol. The summed E-state index contributed by atoms with van der Waals surface area (Å²) in [7, 11) is 0. The van der Waals surface area contributed by atoms with Gasteiger partial charge in [-0.1, -0.05) is 12.1 Å². The first-order chi connectivity index (χ1) is 8.55. The molecule has 0 radical (unpaired) electrons. The summed E-state index contributed by atoms with van der Waals surface area (Å²) in [5, 5.41) is 14.6. The molecule has 2 N–H and O–H groups in total. The zero-order chi connectivity index (χ0) is 12.9. The summed E-state index contributed by atoms with van der Waals surface area (Å²) in [6, 6.07) is 2.17. The second-order valence-electron chi connectivity index (χ2n) is 4.27. The molecule has 1 aromatic carbocycles. The van der Waals surface area contributed by atoms with Crippen LogP contribution in [0.3, 0.4) is 0 Å². The van der Waals surface area contributed by atoms with Gasteiger partial charge >= 0.3 is 0 Å². The zero-order valence-corrected chi connectivity index (χ0v) is 9.93. The van der Waals surface area contributed by atoms with E-state index in [0.717, 1.165) is 6.07 Å². The third-order valence-corrected chi connectivity index (χ3v) is 4.21. The van der Waals surface area contributed by atoms with Gasteiger partial charge < -0.3 is 10.4 Å². The molecular weight excluding hydrogens is 260 g/mol. The molecule has 0 fully saturated rings. The predicted octanol–water partition coefficient (Wildman–Crippen LogP) is 1.98. The van der Waals surface area contributed by atoms with Crippen molar-refractivity contribution in [3.05, 3.63) is 40.8 Å². The Morgan fingerprint density at radius 1 is 1.44 bits per heavy atom. The van der Waals surface area contributed by atoms with Crippen molar-refractivity contribution >= 4 is 23.4 Å². The summed E-state index contributed by atoms with van der Waals surface area (Å²) in [4.78, 5) is 11.9. The summed E-state index contributed by atoms with van der Waals surface area (Å²) in [6.07, 6.45) is 1.71. The maximum atomic E-state index is 13.6. The number of nitrogens with one attached hydrogen (secondary N) is 1. The van der Waals surface area contributed by atoms with Gasteiger partial charge in [0.15, 0.2) is 17.2 Å². The first kappa shape index (κ1) is 11.7. The van der Waals surface area contributed by atoms with Crippen molar-refractivity contribution in [2.75, 3.05) is 11.1 Å². The number of fused-ring (bicyclic) bond motifs is 1. The predicted molar refractivity (Wildman–Crippen MR) is 64.0 cm³/mol. The molecule has 0 aromatic heterocycles. The van der Waals surface area contributed by atoms with Crippen molar-refractivity contribution in [3.8, 4) is 0 Å². The van der Waals surface area contributed by atoms with Gasteiger partial charge in [0.2, 0.25) is 0 Å². The van der Waals surface area contributed by atoms with Crippen LogP contribution in [-0.2, 0) is 10.4 Å². The number of halogens is 2. The summed E-state index contributed by atoms with van der Waals surface area (Å²) in [5.41, 5.74) is -1.97. The second kappa shape index (κ2) is 3.80. The van der Waals surface area contributed by atoms with E-state index in [9.17, 15) is 18.7 Å². The normalized spacial score (nSPS) is 29.5. The van der Waals surface area contributed by atoms with Crippen molar-refractivity contribution in [3.63, 3.8) is 0 Å². The zero-order valence-electron chi connectivity index (χ0n) is 9.11. The molecule has 1 amide bonds. The Morgan fingerprint density at radius 2 is 2.22 bits per heavy atom. The molecular formula is C12H9F2NO2S. The largest absolute Gasteiger partial charge is 0.375 e. The number of thioether (sulfide) groups is 1. The summed E-state index contributed by atoms with van der Waals surface area (Å²) >= 11 is 1.46. The smallest absolute Gasteiger partial charge is 0.261 e. The Morgan fingerprint density at radius 3 is 2.89 bits per heavy atom. The number of anilines is 1. The van der Waals surface area contributed by atoms with Crippen molar-refractivity contribution in [2.24, 2.45) is 5.92 Å². The Labute approximate surface area is 106 Å². The van der Waals surface area contributed by atoms with Crippen LogP contribution in [-0.4, -0.2) is 16.8 Å². The molecule has 2 aliphatic heterocycles. The van der Waals surface area contributed by atoms with E-state index >= 15 is 0 Å². The van der Waals surface area contributed by atoms with Crippen molar-refractivity contribution in [1.29, 1.82) is 0 Å². The number of aliphatic hydroxyl groups is 1. The Kier molecular flexibility index (Phi) is 2.46. The summed E-state index contributed by atoms with van der Waals surface area (Å²) < 4.78 is 26.7. The van der Waals surface area contributed by atoms with Crippen LogP contribution in [0.25, 0.3) is 0 Å². The van der Waals surface area contributed by atoms with Crippen LogP contribution in [0.1, 0.15) is 5.56 Å². The minimum atomic E-state index is -1.82. The number of carbonyl (C=O) groups is 1. The fourth-order valence-electron chi connectivity index (χ4n) is 2.31. The lowest BCUT2D eigenvalue weighted by Gasteiger charge is -2.26. The van der Waals surface area contributed by atoms with Crippen LogP contribution >= 0.6 is 11.8 Å². The van der Waals surface area contributed by atoms with Crippen LogP contribution in [0.2, 0.25) is 0 Å². The van der Waals surface area contributed by atoms with Crippen LogP contribution in [0.4, 0.5) is 14.5 Å². The van der Waals surface area contributed by atoms with Crippen molar-refractivity contribution in [2.45, 2.75) is 5.60 Å². The third kappa shape index (κ3) is 1.36. The summed E-state index contributed by atoms with van der Waals surface area (Å²) in [5.74, 6) is -2.80. The number of carbonyl (C=O) groups excluding carboxylic acids is 1. The lowest BCUT2D eigenvalue weighted by atomic mass is 9.83. The van der Waals surface area contributed by atoms with E-state index in [4.69, 9.17) is 0 Å². The maximum Gasteiger partial charge on any atom is 0.261 e. The van der Waals surface area contributed by atoms with Gasteiger partial charge in [-0.2, -0.15) is 0 Å². The van der Waals surface area contributed by atoms with E-state index in [0.29, 0.717) is 5.75 Å². The lowest BCUT2D eigenvalue weighted by Crippen LogP contribution is -2.41. The van der Waals surface area contributed by atoms with Gasteiger partial charge in [-0.15, -0.1) is 11.8 Å². The minimum Gasteiger partial charge on any atom is -0.375 e. The molecule has 2 aliphatic rings. The van der Waals surface area contributed by atoms with E-state index in [1.54, 1.807) is 11.5 Å². The molecule has 0 saturated carbocycles. The second-order valence-corrected chi connectivity index (χ2v) is 5.21. The first-order valence-corrected chi connectivity index (χ1v) is 6.40. The highest BCUT2D eigenvalue weighted by Crippen LogP contribution is 2.46. The van der Waals surface area contributed by atoms with Crippen LogP contribution in [0.15, 0.2) is 23.6 Å². The molecule has 94 valence electrons. The molecule has 0 spiro atoms. The standard InChI is InChI=1S/C12H9F2NO2S/c13-8-2-1-7-10(9(8)14)15-11(16)12(7,17)6-3-4-18-5-6/h1-4,6,17H,5H2,(H,15,16). The molecule has 0 aliphatic carbocycles. The Hall–Kier alpha value is -1.40. The van der Waals surface area contributed by atoms with Gasteiger partial charge in [-0.3, -0.25) is 4.79 Å². The van der Waals surface area contributed by atoms with E-state index < -0.39 is 29.1 Å². The number of hydrogen-bond acceptors (Lipinski definition) is 3. The van der Waals surface area contributed by atoms with Gasteiger partial charge in [0.1, 0.15) is 0 Å². The Bertz CT molecular complexity index is 575. The topological polar surface area (TPSA) is 49.3 Å². The van der Waals surface area contributed by atoms with E-state index in [1.807, 2.05) is 0 Å². The summed E-state index contributed by atoms with van der Waals surface area (Å²) in [6.45, 7) is 0. The number of hydrogen-bond donors (Lipinski definition) is 2. The highest BCUT2D eigenvalue weighted by molar-refractivity contribution is 8.02. The van der Waals surface area contributed by atoms with Crippen molar-refractivity contribution < 1.29 is 18.7 Å². The maximum absolute atomic E-state index is 13.6. The molecule has 2 atom stereocenters. The van der Waals surface area contributed by atoms with E-state index in [2.05, 4.69) is 5.32 Å². The highest BCUT2D eigenvalue weighted by Gasteiger charge is 2.52. The average Bonchev–Trinajstić information content (AvgIpc) is 2.94. The van der Waals surface area contributed by atoms with E-state index in [-0.39, 0.29) is 11.3 Å². The van der Waals surface area contributed by atoms with Crippen LogP contribution < -0.4 is 5.32 Å². The molecule has 1 aromatic rings. The van der Waals surface area contributed by atoms with Crippen LogP contribution in [0, 0.1) is 17.6 Å². The first-order valence-electron chi connectivity index (χ1n) is 5.35. The van der Waals surface area contributed by atoms with Gasteiger partial charge in [0.05, 0.1) is 5.69 Å². The minimum absolute atomic E-state index is 0.101. The molecule has 3 rings (SSSR count). The van der Waals surface area contributed by atoms with Crippen molar-refractivity contribution in [1.82, 2.24) is 0 Å². The molecule has 2 unspecified atom stereocenters. The SMILES string of the molecule is O=C1Nc2c(ccc(F)c2F)C1(O)C1C=CSC1. The molecule has 3 nitrogen and oxygen atoms in total. The number of amides is 1. The number of benzene rings is 1. The van der Waals surface area contributed by atoms with Gasteiger partial charge in [-0.25, -0.2) is 8.78 Å². The molecule has 2 heterocycles. The molecule has 0 bridgehead atoms. The third-order valence-electron chi connectivity index (χ3n) is 3.31. The number of rotatable bonds is 1. The fraction of sp³-hybridized carbons (Fsp3) is 0.250.